The maximum Gasteiger partial charge on any atom is 0.205 e. The fourth-order valence-electron chi connectivity index (χ4n) is 0.779. The van der Waals surface area contributed by atoms with Gasteiger partial charge in [-0.1, -0.05) is 11.6 Å². The first-order valence-electron chi connectivity index (χ1n) is 3.54. The van der Waals surface area contributed by atoms with Gasteiger partial charge in [0.1, 0.15) is 11.5 Å². The maximum absolute atomic E-state index is 5.55. The van der Waals surface area contributed by atoms with Crippen LogP contribution < -0.4 is 9.47 Å². The van der Waals surface area contributed by atoms with Gasteiger partial charge in [-0.25, -0.2) is 0 Å². The smallest absolute Gasteiger partial charge is 0.205 e. The van der Waals surface area contributed by atoms with Gasteiger partial charge < -0.3 is 9.47 Å². The molecule has 13 heavy (non-hydrogen) atoms. The number of hydrogen-bond donors (Lipinski definition) is 0. The SMILES string of the molecule is COc1ccc(O/C(Cl)=C\Cl)cc1. The standard InChI is InChI=1S/C9H8Cl2O2/c1-12-7-2-4-8(5-3-7)13-9(11)6-10/h2-6H,1H3/b9-6-. The molecular weight excluding hydrogens is 211 g/mol. The highest BCUT2D eigenvalue weighted by Gasteiger charge is 1.96. The molecule has 0 amide bonds. The molecule has 0 atom stereocenters. The van der Waals surface area contributed by atoms with E-state index in [4.69, 9.17) is 32.7 Å². The topological polar surface area (TPSA) is 18.5 Å². The zero-order valence-corrected chi connectivity index (χ0v) is 8.47. The van der Waals surface area contributed by atoms with Crippen LogP contribution in [0.5, 0.6) is 11.5 Å². The Balaban J connectivity index is 2.69. The lowest BCUT2D eigenvalue weighted by molar-refractivity contribution is 0.412. The summed E-state index contributed by atoms with van der Waals surface area (Å²) in [5, 5.41) is 0.131. The molecular formula is C9H8Cl2O2. The second kappa shape index (κ2) is 5.00. The van der Waals surface area contributed by atoms with Crippen molar-refractivity contribution in [2.75, 3.05) is 7.11 Å². The highest BCUT2D eigenvalue weighted by Crippen LogP contribution is 2.20. The minimum atomic E-state index is 0.131. The van der Waals surface area contributed by atoms with E-state index in [-0.39, 0.29) is 5.22 Å². The van der Waals surface area contributed by atoms with Crippen LogP contribution in [0.1, 0.15) is 0 Å². The van der Waals surface area contributed by atoms with Crippen molar-refractivity contribution >= 4 is 23.2 Å². The highest BCUT2D eigenvalue weighted by atomic mass is 35.5. The van der Waals surface area contributed by atoms with Gasteiger partial charge in [-0.05, 0) is 35.9 Å². The van der Waals surface area contributed by atoms with Crippen molar-refractivity contribution in [3.63, 3.8) is 0 Å². The quantitative estimate of drug-likeness (QED) is 0.725. The van der Waals surface area contributed by atoms with E-state index in [9.17, 15) is 0 Å². The van der Waals surface area contributed by atoms with Crippen molar-refractivity contribution in [2.24, 2.45) is 0 Å². The number of rotatable bonds is 3. The van der Waals surface area contributed by atoms with E-state index in [1.807, 2.05) is 0 Å². The molecule has 0 fully saturated rings. The number of ether oxygens (including phenoxy) is 2. The summed E-state index contributed by atoms with van der Waals surface area (Å²) in [5.74, 6) is 1.38. The summed E-state index contributed by atoms with van der Waals surface area (Å²) in [4.78, 5) is 0. The first-order valence-corrected chi connectivity index (χ1v) is 4.35. The largest absolute Gasteiger partial charge is 0.497 e. The fourth-order valence-corrected chi connectivity index (χ4v) is 0.912. The summed E-state index contributed by atoms with van der Waals surface area (Å²) in [7, 11) is 1.60. The predicted molar refractivity (Wildman–Crippen MR) is 53.4 cm³/mol. The van der Waals surface area contributed by atoms with Gasteiger partial charge >= 0.3 is 0 Å². The summed E-state index contributed by atoms with van der Waals surface area (Å²) in [6, 6.07) is 7.02. The van der Waals surface area contributed by atoms with E-state index in [0.717, 1.165) is 11.3 Å². The van der Waals surface area contributed by atoms with Gasteiger partial charge in [0.15, 0.2) is 0 Å². The molecule has 0 saturated heterocycles. The Bertz CT molecular complexity index is 293. The second-order valence-corrected chi connectivity index (χ2v) is 2.78. The number of methoxy groups -OCH3 is 1. The Kier molecular flexibility index (Phi) is 3.93. The van der Waals surface area contributed by atoms with Gasteiger partial charge in [-0.2, -0.15) is 0 Å². The van der Waals surface area contributed by atoms with Crippen LogP contribution in [0.15, 0.2) is 35.0 Å². The van der Waals surface area contributed by atoms with E-state index < -0.39 is 0 Å². The Morgan fingerprint density at radius 2 is 1.77 bits per heavy atom. The van der Waals surface area contributed by atoms with Gasteiger partial charge in [-0.3, -0.25) is 0 Å². The molecule has 0 N–H and O–H groups in total. The molecule has 0 saturated carbocycles. The van der Waals surface area contributed by atoms with Crippen molar-refractivity contribution < 1.29 is 9.47 Å². The van der Waals surface area contributed by atoms with E-state index in [0.29, 0.717) is 5.75 Å². The average Bonchev–Trinajstić information content (AvgIpc) is 2.19. The van der Waals surface area contributed by atoms with Gasteiger partial charge in [-0.15, -0.1) is 0 Å². The maximum atomic E-state index is 5.55. The summed E-state index contributed by atoms with van der Waals surface area (Å²) in [6.45, 7) is 0. The molecule has 0 bridgehead atoms. The molecule has 0 aliphatic rings. The molecule has 0 unspecified atom stereocenters. The van der Waals surface area contributed by atoms with Crippen LogP contribution in [-0.4, -0.2) is 7.11 Å². The van der Waals surface area contributed by atoms with Crippen LogP contribution in [0.4, 0.5) is 0 Å². The highest BCUT2D eigenvalue weighted by molar-refractivity contribution is 6.35. The summed E-state index contributed by atoms with van der Waals surface area (Å²) in [6.07, 6.45) is 0. The molecule has 0 aliphatic carbocycles. The lowest BCUT2D eigenvalue weighted by atomic mass is 10.3. The number of halogens is 2. The van der Waals surface area contributed by atoms with Crippen molar-refractivity contribution in [3.8, 4) is 11.5 Å². The van der Waals surface area contributed by atoms with Crippen LogP contribution in [0, 0.1) is 0 Å². The zero-order valence-electron chi connectivity index (χ0n) is 6.96. The molecule has 4 heteroatoms. The summed E-state index contributed by atoms with van der Waals surface area (Å²) < 4.78 is 10.1. The molecule has 0 spiro atoms. The lowest BCUT2D eigenvalue weighted by Gasteiger charge is -2.03. The fraction of sp³-hybridized carbons (Fsp3) is 0.111. The summed E-state index contributed by atoms with van der Waals surface area (Å²) >= 11 is 10.9. The molecule has 0 heterocycles. The Morgan fingerprint density at radius 3 is 2.23 bits per heavy atom. The molecule has 2 nitrogen and oxygen atoms in total. The van der Waals surface area contributed by atoms with Crippen molar-refractivity contribution in [3.05, 3.63) is 35.0 Å². The van der Waals surface area contributed by atoms with Crippen LogP contribution in [0.3, 0.4) is 0 Å². The molecule has 1 rings (SSSR count). The van der Waals surface area contributed by atoms with Gasteiger partial charge in [0.25, 0.3) is 0 Å². The normalized spacial score (nSPS) is 11.2. The van der Waals surface area contributed by atoms with Crippen LogP contribution in [-0.2, 0) is 0 Å². The van der Waals surface area contributed by atoms with E-state index in [2.05, 4.69) is 0 Å². The molecule has 0 aliphatic heterocycles. The molecule has 0 aromatic heterocycles. The minimum absolute atomic E-state index is 0.131. The average molecular weight is 219 g/mol. The van der Waals surface area contributed by atoms with Crippen LogP contribution >= 0.6 is 23.2 Å². The minimum Gasteiger partial charge on any atom is -0.497 e. The Morgan fingerprint density at radius 1 is 1.23 bits per heavy atom. The monoisotopic (exact) mass is 218 g/mol. The number of benzene rings is 1. The van der Waals surface area contributed by atoms with Gasteiger partial charge in [0.2, 0.25) is 5.22 Å². The number of hydrogen-bond acceptors (Lipinski definition) is 2. The summed E-state index contributed by atoms with van der Waals surface area (Å²) in [5.41, 5.74) is 1.16. The van der Waals surface area contributed by atoms with E-state index in [1.54, 1.807) is 31.4 Å². The zero-order chi connectivity index (χ0) is 9.68. The first kappa shape index (κ1) is 10.2. The molecule has 0 radical (unpaired) electrons. The van der Waals surface area contributed by atoms with Gasteiger partial charge in [0, 0.05) is 0 Å². The molecule has 70 valence electrons. The van der Waals surface area contributed by atoms with Crippen LogP contribution in [0.25, 0.3) is 0 Å². The Hall–Kier alpha value is -0.860. The lowest BCUT2D eigenvalue weighted by Crippen LogP contribution is -1.87. The van der Waals surface area contributed by atoms with Crippen LogP contribution in [0.2, 0.25) is 0 Å². The third kappa shape index (κ3) is 3.17. The Labute approximate surface area is 86.7 Å². The molecule has 1 aromatic rings. The van der Waals surface area contributed by atoms with Crippen molar-refractivity contribution in [1.29, 1.82) is 0 Å². The predicted octanol–water partition coefficient (Wildman–Crippen LogP) is 3.35. The van der Waals surface area contributed by atoms with Gasteiger partial charge in [0.05, 0.1) is 12.6 Å². The van der Waals surface area contributed by atoms with Crippen molar-refractivity contribution in [2.45, 2.75) is 0 Å². The molecule has 1 aromatic carbocycles. The van der Waals surface area contributed by atoms with E-state index >= 15 is 0 Å². The third-order valence-electron chi connectivity index (χ3n) is 1.36. The van der Waals surface area contributed by atoms with E-state index in [1.165, 1.54) is 0 Å². The van der Waals surface area contributed by atoms with Crippen molar-refractivity contribution in [1.82, 2.24) is 0 Å². The second-order valence-electron chi connectivity index (χ2n) is 2.19. The third-order valence-corrected chi connectivity index (χ3v) is 1.86. The first-order chi connectivity index (χ1) is 6.26.